The molecule has 0 N–H and O–H groups in total. The fourth-order valence-electron chi connectivity index (χ4n) is 1.26. The summed E-state index contributed by atoms with van der Waals surface area (Å²) in [4.78, 5) is 8.28. The molecule has 5 heteroatoms. The fraction of sp³-hybridized carbons (Fsp3) is 0.333. The number of imidazole rings is 1. The van der Waals surface area contributed by atoms with E-state index < -0.39 is 0 Å². The highest BCUT2D eigenvalue weighted by Crippen LogP contribution is 2.07. The molecule has 0 fully saturated rings. The largest absolute Gasteiger partial charge is 0.333 e. The van der Waals surface area contributed by atoms with Gasteiger partial charge in [0.2, 0.25) is 0 Å². The first kappa shape index (κ1) is 9.68. The maximum atomic E-state index is 5.76. The standard InChI is InChI=1S/C9H10ClN3S/c10-3-9-4-11-6-13(9)2-1-8-5-14-7-12-8/h4-7H,1-3H2. The van der Waals surface area contributed by atoms with Crippen LogP contribution in [0.15, 0.2) is 23.4 Å². The van der Waals surface area contributed by atoms with Crippen molar-refractivity contribution in [3.05, 3.63) is 34.8 Å². The summed E-state index contributed by atoms with van der Waals surface area (Å²) in [5, 5.41) is 2.07. The van der Waals surface area contributed by atoms with E-state index in [2.05, 4.69) is 19.9 Å². The number of rotatable bonds is 4. The number of hydrogen-bond acceptors (Lipinski definition) is 3. The predicted molar refractivity (Wildman–Crippen MR) is 57.6 cm³/mol. The average Bonchev–Trinajstić information content (AvgIpc) is 2.85. The fourth-order valence-corrected chi connectivity index (χ4v) is 2.07. The molecule has 0 saturated heterocycles. The van der Waals surface area contributed by atoms with Crippen molar-refractivity contribution in [1.82, 2.24) is 14.5 Å². The van der Waals surface area contributed by atoms with Gasteiger partial charge in [-0.05, 0) is 0 Å². The first-order valence-electron chi connectivity index (χ1n) is 4.32. The summed E-state index contributed by atoms with van der Waals surface area (Å²) in [5.41, 5.74) is 4.04. The summed E-state index contributed by atoms with van der Waals surface area (Å²) < 4.78 is 2.06. The van der Waals surface area contributed by atoms with Gasteiger partial charge in [-0.3, -0.25) is 0 Å². The molecule has 2 rings (SSSR count). The van der Waals surface area contributed by atoms with Crippen LogP contribution in [0.3, 0.4) is 0 Å². The third-order valence-electron chi connectivity index (χ3n) is 2.03. The van der Waals surface area contributed by atoms with Crippen LogP contribution in [-0.4, -0.2) is 14.5 Å². The van der Waals surface area contributed by atoms with E-state index >= 15 is 0 Å². The van der Waals surface area contributed by atoms with Gasteiger partial charge >= 0.3 is 0 Å². The van der Waals surface area contributed by atoms with Crippen LogP contribution in [-0.2, 0) is 18.8 Å². The van der Waals surface area contributed by atoms with Crippen LogP contribution in [0.4, 0.5) is 0 Å². The van der Waals surface area contributed by atoms with Crippen molar-refractivity contribution in [2.24, 2.45) is 0 Å². The molecule has 2 heterocycles. The number of thiazole rings is 1. The molecule has 0 aliphatic rings. The lowest BCUT2D eigenvalue weighted by atomic mass is 10.3. The molecule has 14 heavy (non-hydrogen) atoms. The second-order valence-electron chi connectivity index (χ2n) is 2.94. The Labute approximate surface area is 91.4 Å². The molecule has 0 aromatic carbocycles. The Morgan fingerprint density at radius 2 is 2.43 bits per heavy atom. The van der Waals surface area contributed by atoms with Crippen LogP contribution in [0.1, 0.15) is 11.4 Å². The van der Waals surface area contributed by atoms with Crippen LogP contribution in [0, 0.1) is 0 Å². The Kier molecular flexibility index (Phi) is 3.16. The summed E-state index contributed by atoms with van der Waals surface area (Å²) in [6, 6.07) is 0. The van der Waals surface area contributed by atoms with E-state index in [0.717, 1.165) is 24.4 Å². The van der Waals surface area contributed by atoms with E-state index in [1.807, 2.05) is 11.8 Å². The van der Waals surface area contributed by atoms with Crippen molar-refractivity contribution in [3.8, 4) is 0 Å². The van der Waals surface area contributed by atoms with Crippen molar-refractivity contribution in [2.75, 3.05) is 0 Å². The molecule has 3 nitrogen and oxygen atoms in total. The lowest BCUT2D eigenvalue weighted by molar-refractivity contribution is 0.667. The van der Waals surface area contributed by atoms with Gasteiger partial charge in [-0.1, -0.05) is 0 Å². The highest BCUT2D eigenvalue weighted by molar-refractivity contribution is 7.07. The number of aromatic nitrogens is 3. The second kappa shape index (κ2) is 4.57. The number of hydrogen-bond donors (Lipinski definition) is 0. The Bertz CT molecular complexity index is 382. The van der Waals surface area contributed by atoms with Gasteiger partial charge in [-0.15, -0.1) is 22.9 Å². The number of halogens is 1. The average molecular weight is 228 g/mol. The molecular weight excluding hydrogens is 218 g/mol. The summed E-state index contributed by atoms with van der Waals surface area (Å²) in [6.07, 6.45) is 4.54. The van der Waals surface area contributed by atoms with Gasteiger partial charge in [0.25, 0.3) is 0 Å². The van der Waals surface area contributed by atoms with E-state index in [4.69, 9.17) is 11.6 Å². The zero-order chi connectivity index (χ0) is 9.80. The minimum Gasteiger partial charge on any atom is -0.333 e. The molecule has 2 aromatic heterocycles. The highest BCUT2D eigenvalue weighted by atomic mass is 35.5. The Balaban J connectivity index is 1.98. The topological polar surface area (TPSA) is 30.7 Å². The molecule has 74 valence electrons. The molecular formula is C9H10ClN3S. The minimum absolute atomic E-state index is 0.511. The monoisotopic (exact) mass is 227 g/mol. The van der Waals surface area contributed by atoms with Crippen LogP contribution in [0.2, 0.25) is 0 Å². The third kappa shape index (κ3) is 2.13. The maximum absolute atomic E-state index is 5.76. The molecule has 0 aliphatic carbocycles. The van der Waals surface area contributed by atoms with Crippen molar-refractivity contribution in [1.29, 1.82) is 0 Å². The van der Waals surface area contributed by atoms with Crippen molar-refractivity contribution < 1.29 is 0 Å². The van der Waals surface area contributed by atoms with Crippen molar-refractivity contribution in [2.45, 2.75) is 18.8 Å². The molecule has 2 aromatic rings. The zero-order valence-corrected chi connectivity index (χ0v) is 9.13. The number of aryl methyl sites for hydroxylation is 2. The maximum Gasteiger partial charge on any atom is 0.0948 e. The lowest BCUT2D eigenvalue weighted by Crippen LogP contribution is -2.03. The highest BCUT2D eigenvalue weighted by Gasteiger charge is 2.01. The molecule has 0 unspecified atom stereocenters. The molecule has 0 aliphatic heterocycles. The van der Waals surface area contributed by atoms with Crippen LogP contribution < -0.4 is 0 Å². The van der Waals surface area contributed by atoms with E-state index in [-0.39, 0.29) is 0 Å². The Morgan fingerprint density at radius 1 is 1.50 bits per heavy atom. The third-order valence-corrected chi connectivity index (χ3v) is 2.94. The SMILES string of the molecule is ClCc1cncn1CCc1cscn1. The van der Waals surface area contributed by atoms with Crippen LogP contribution in [0.5, 0.6) is 0 Å². The molecule has 0 bridgehead atoms. The van der Waals surface area contributed by atoms with Gasteiger partial charge in [0.1, 0.15) is 0 Å². The first-order chi connectivity index (χ1) is 6.90. The van der Waals surface area contributed by atoms with Crippen molar-refractivity contribution in [3.63, 3.8) is 0 Å². The molecule has 0 radical (unpaired) electrons. The zero-order valence-electron chi connectivity index (χ0n) is 7.56. The van der Waals surface area contributed by atoms with Crippen LogP contribution >= 0.6 is 22.9 Å². The van der Waals surface area contributed by atoms with Gasteiger partial charge in [-0.2, -0.15) is 0 Å². The molecule has 0 spiro atoms. The smallest absolute Gasteiger partial charge is 0.0948 e. The molecule has 0 saturated carbocycles. The first-order valence-corrected chi connectivity index (χ1v) is 5.80. The normalized spacial score (nSPS) is 10.6. The lowest BCUT2D eigenvalue weighted by Gasteiger charge is -2.03. The molecule has 0 atom stereocenters. The summed E-state index contributed by atoms with van der Waals surface area (Å²) in [7, 11) is 0. The quantitative estimate of drug-likeness (QED) is 0.751. The second-order valence-corrected chi connectivity index (χ2v) is 3.93. The van der Waals surface area contributed by atoms with Gasteiger partial charge in [0.15, 0.2) is 0 Å². The van der Waals surface area contributed by atoms with Crippen molar-refractivity contribution >= 4 is 22.9 Å². The number of alkyl halides is 1. The Morgan fingerprint density at radius 3 is 3.14 bits per heavy atom. The van der Waals surface area contributed by atoms with Gasteiger partial charge < -0.3 is 4.57 Å². The summed E-state index contributed by atoms with van der Waals surface area (Å²) in [6.45, 7) is 0.895. The summed E-state index contributed by atoms with van der Waals surface area (Å²) in [5.74, 6) is 0.511. The predicted octanol–water partition coefficient (Wildman–Crippen LogP) is 2.32. The van der Waals surface area contributed by atoms with Gasteiger partial charge in [0.05, 0.1) is 29.1 Å². The number of nitrogens with zero attached hydrogens (tertiary/aromatic N) is 3. The minimum atomic E-state index is 0.511. The Hall–Kier alpha value is -0.870. The van der Waals surface area contributed by atoms with E-state index in [9.17, 15) is 0 Å². The van der Waals surface area contributed by atoms with Crippen LogP contribution in [0.25, 0.3) is 0 Å². The molecule has 0 amide bonds. The van der Waals surface area contributed by atoms with E-state index in [1.165, 1.54) is 0 Å². The van der Waals surface area contributed by atoms with E-state index in [1.54, 1.807) is 17.5 Å². The van der Waals surface area contributed by atoms with Gasteiger partial charge in [0, 0.05) is 24.5 Å². The van der Waals surface area contributed by atoms with Gasteiger partial charge in [-0.25, -0.2) is 9.97 Å². The summed E-state index contributed by atoms with van der Waals surface area (Å²) >= 11 is 7.38. The van der Waals surface area contributed by atoms with E-state index in [0.29, 0.717) is 5.88 Å².